The van der Waals surface area contributed by atoms with Crippen LogP contribution in [0.15, 0.2) is 24.3 Å². The van der Waals surface area contributed by atoms with Crippen molar-refractivity contribution < 1.29 is 14.7 Å². The molecule has 0 aromatic heterocycles. The van der Waals surface area contributed by atoms with Crippen molar-refractivity contribution in [3.05, 3.63) is 35.4 Å². The number of carboxylic acids is 1. The second-order valence-corrected chi connectivity index (χ2v) is 8.13. The van der Waals surface area contributed by atoms with Gasteiger partial charge in [0, 0.05) is 13.1 Å². The lowest BCUT2D eigenvalue weighted by Crippen LogP contribution is -2.43. The van der Waals surface area contributed by atoms with E-state index in [4.69, 9.17) is 0 Å². The predicted molar refractivity (Wildman–Crippen MR) is 88.2 cm³/mol. The van der Waals surface area contributed by atoms with Gasteiger partial charge in [-0.25, -0.2) is 4.79 Å². The van der Waals surface area contributed by atoms with Gasteiger partial charge in [-0.05, 0) is 23.0 Å². The smallest absolute Gasteiger partial charge is 0.336 e. The maximum absolute atomic E-state index is 12.9. The molecule has 0 saturated heterocycles. The van der Waals surface area contributed by atoms with E-state index in [9.17, 15) is 14.7 Å². The quantitative estimate of drug-likeness (QED) is 0.917. The molecule has 22 heavy (non-hydrogen) atoms. The molecule has 0 atom stereocenters. The van der Waals surface area contributed by atoms with E-state index in [0.717, 1.165) is 0 Å². The van der Waals surface area contributed by atoms with Crippen molar-refractivity contribution in [2.45, 2.75) is 41.5 Å². The first-order chi connectivity index (χ1) is 9.91. The van der Waals surface area contributed by atoms with Crippen LogP contribution in [-0.2, 0) is 0 Å². The molecule has 122 valence electrons. The van der Waals surface area contributed by atoms with E-state index < -0.39 is 5.97 Å². The van der Waals surface area contributed by atoms with Gasteiger partial charge in [0.2, 0.25) is 0 Å². The summed E-state index contributed by atoms with van der Waals surface area (Å²) in [4.78, 5) is 26.0. The van der Waals surface area contributed by atoms with Gasteiger partial charge < -0.3 is 10.0 Å². The van der Waals surface area contributed by atoms with Gasteiger partial charge >= 0.3 is 5.97 Å². The van der Waals surface area contributed by atoms with Crippen molar-refractivity contribution in [3.63, 3.8) is 0 Å². The molecule has 1 N–H and O–H groups in total. The summed E-state index contributed by atoms with van der Waals surface area (Å²) in [7, 11) is 0. The van der Waals surface area contributed by atoms with Crippen molar-refractivity contribution in [1.29, 1.82) is 0 Å². The molecule has 0 bridgehead atoms. The molecule has 0 fully saturated rings. The Morgan fingerprint density at radius 3 is 1.68 bits per heavy atom. The average molecular weight is 305 g/mol. The maximum atomic E-state index is 12.9. The lowest BCUT2D eigenvalue weighted by atomic mass is 9.91. The standard InChI is InChI=1S/C18H27NO3/c1-17(2,3)11-19(12-18(4,5)6)15(20)13-9-7-8-10-14(13)16(21)22/h7-10H,11-12H2,1-6H3,(H,21,22). The van der Waals surface area contributed by atoms with Gasteiger partial charge in [-0.15, -0.1) is 0 Å². The first kappa shape index (κ1) is 18.2. The molecule has 0 saturated carbocycles. The van der Waals surface area contributed by atoms with Crippen LogP contribution in [0.1, 0.15) is 62.3 Å². The zero-order valence-corrected chi connectivity index (χ0v) is 14.4. The minimum Gasteiger partial charge on any atom is -0.478 e. The van der Waals surface area contributed by atoms with Gasteiger partial charge in [-0.2, -0.15) is 0 Å². The van der Waals surface area contributed by atoms with Gasteiger partial charge in [-0.3, -0.25) is 4.79 Å². The highest BCUT2D eigenvalue weighted by Crippen LogP contribution is 2.23. The summed E-state index contributed by atoms with van der Waals surface area (Å²) in [5.41, 5.74) is 0.196. The zero-order valence-electron chi connectivity index (χ0n) is 14.4. The minimum absolute atomic E-state index is 0.0559. The molecule has 0 aliphatic carbocycles. The highest BCUT2D eigenvalue weighted by atomic mass is 16.4. The summed E-state index contributed by atoms with van der Waals surface area (Å²) in [6.45, 7) is 13.6. The number of rotatable bonds is 4. The lowest BCUT2D eigenvalue weighted by molar-refractivity contribution is 0.0604. The van der Waals surface area contributed by atoms with Crippen LogP contribution in [0.25, 0.3) is 0 Å². The number of hydrogen-bond acceptors (Lipinski definition) is 2. The number of benzene rings is 1. The van der Waals surface area contributed by atoms with Gasteiger partial charge in [0.05, 0.1) is 11.1 Å². The Morgan fingerprint density at radius 1 is 0.909 bits per heavy atom. The number of amides is 1. The van der Waals surface area contributed by atoms with Gasteiger partial charge in [0.15, 0.2) is 0 Å². The minimum atomic E-state index is -1.07. The van der Waals surface area contributed by atoms with E-state index >= 15 is 0 Å². The first-order valence-electron chi connectivity index (χ1n) is 7.52. The molecule has 0 aliphatic heterocycles. The highest BCUT2D eigenvalue weighted by Gasteiger charge is 2.28. The van der Waals surface area contributed by atoms with E-state index in [0.29, 0.717) is 13.1 Å². The summed E-state index contributed by atoms with van der Waals surface area (Å²) in [5, 5.41) is 9.29. The molecule has 0 spiro atoms. The van der Waals surface area contributed by atoms with Gasteiger partial charge in [-0.1, -0.05) is 53.7 Å². The van der Waals surface area contributed by atoms with Gasteiger partial charge in [0.1, 0.15) is 0 Å². The molecule has 0 radical (unpaired) electrons. The second kappa shape index (κ2) is 6.51. The molecular formula is C18H27NO3. The molecule has 4 heteroatoms. The summed E-state index contributed by atoms with van der Waals surface area (Å²) in [6.07, 6.45) is 0. The van der Waals surface area contributed by atoms with E-state index in [1.54, 1.807) is 23.1 Å². The fraction of sp³-hybridized carbons (Fsp3) is 0.556. The van der Waals surface area contributed by atoms with Crippen LogP contribution in [0.5, 0.6) is 0 Å². The Balaban J connectivity index is 3.19. The molecule has 0 heterocycles. The van der Waals surface area contributed by atoms with Gasteiger partial charge in [0.25, 0.3) is 5.91 Å². The molecule has 1 amide bonds. The molecule has 1 rings (SSSR count). The Kier molecular flexibility index (Phi) is 5.39. The number of carbonyl (C=O) groups is 2. The summed E-state index contributed by atoms with van der Waals surface area (Å²) < 4.78 is 0. The van der Waals surface area contributed by atoms with Crippen LogP contribution in [0.4, 0.5) is 0 Å². The topological polar surface area (TPSA) is 57.6 Å². The first-order valence-corrected chi connectivity index (χ1v) is 7.52. The highest BCUT2D eigenvalue weighted by molar-refractivity contribution is 6.04. The summed E-state index contributed by atoms with van der Waals surface area (Å²) in [5.74, 6) is -1.29. The van der Waals surface area contributed by atoms with Crippen LogP contribution in [0.3, 0.4) is 0 Å². The molecule has 0 aliphatic rings. The number of hydrogen-bond donors (Lipinski definition) is 1. The molecule has 1 aromatic carbocycles. The molecule has 4 nitrogen and oxygen atoms in total. The van der Waals surface area contributed by atoms with Crippen molar-refractivity contribution in [2.24, 2.45) is 10.8 Å². The average Bonchev–Trinajstić information content (AvgIpc) is 2.33. The third kappa shape index (κ3) is 5.51. The number of nitrogens with zero attached hydrogens (tertiary/aromatic N) is 1. The third-order valence-corrected chi connectivity index (χ3v) is 3.01. The van der Waals surface area contributed by atoms with Crippen LogP contribution in [0, 0.1) is 10.8 Å². The normalized spacial score (nSPS) is 12.1. The molecule has 1 aromatic rings. The molecular weight excluding hydrogens is 278 g/mol. The van der Waals surface area contributed by atoms with Crippen molar-refractivity contribution in [2.75, 3.05) is 13.1 Å². The van der Waals surface area contributed by atoms with Crippen molar-refractivity contribution in [3.8, 4) is 0 Å². The largest absolute Gasteiger partial charge is 0.478 e. The zero-order chi connectivity index (χ0) is 17.1. The third-order valence-electron chi connectivity index (χ3n) is 3.01. The second-order valence-electron chi connectivity index (χ2n) is 8.13. The number of aromatic carboxylic acids is 1. The summed E-state index contributed by atoms with van der Waals surface area (Å²) >= 11 is 0. The predicted octanol–water partition coefficient (Wildman–Crippen LogP) is 3.92. The molecule has 0 unspecified atom stereocenters. The number of carboxylic acid groups (broad SMARTS) is 1. The van der Waals surface area contributed by atoms with Crippen molar-refractivity contribution >= 4 is 11.9 Å². The van der Waals surface area contributed by atoms with Crippen LogP contribution in [0.2, 0.25) is 0 Å². The van der Waals surface area contributed by atoms with Crippen LogP contribution < -0.4 is 0 Å². The SMILES string of the molecule is CC(C)(C)CN(CC(C)(C)C)C(=O)c1ccccc1C(=O)O. The Morgan fingerprint density at radius 2 is 1.32 bits per heavy atom. The van der Waals surface area contributed by atoms with E-state index in [1.165, 1.54) is 6.07 Å². The van der Waals surface area contributed by atoms with Crippen molar-refractivity contribution in [1.82, 2.24) is 4.90 Å². The Labute approximate surface area is 133 Å². The lowest BCUT2D eigenvalue weighted by Gasteiger charge is -2.35. The Hall–Kier alpha value is -1.84. The fourth-order valence-corrected chi connectivity index (χ4v) is 2.37. The number of carbonyl (C=O) groups excluding carboxylic acids is 1. The Bertz CT molecular complexity index is 534. The summed E-state index contributed by atoms with van der Waals surface area (Å²) in [6, 6.07) is 6.40. The van der Waals surface area contributed by atoms with Crippen LogP contribution >= 0.6 is 0 Å². The van der Waals surface area contributed by atoms with E-state index in [2.05, 4.69) is 41.5 Å². The van der Waals surface area contributed by atoms with Crippen LogP contribution in [-0.4, -0.2) is 35.0 Å². The fourth-order valence-electron chi connectivity index (χ4n) is 2.37. The monoisotopic (exact) mass is 305 g/mol. The van der Waals surface area contributed by atoms with E-state index in [-0.39, 0.29) is 27.9 Å². The van der Waals surface area contributed by atoms with E-state index in [1.807, 2.05) is 0 Å². The maximum Gasteiger partial charge on any atom is 0.336 e.